The Hall–Kier alpha value is -3.04. The lowest BCUT2D eigenvalue weighted by Gasteiger charge is -2.10. The van der Waals surface area contributed by atoms with Crippen molar-refractivity contribution in [3.8, 4) is 0 Å². The average Bonchev–Trinajstić information content (AvgIpc) is 2.76. The van der Waals surface area contributed by atoms with E-state index in [1.807, 2.05) is 6.26 Å². The first-order valence-electron chi connectivity index (χ1n) is 8.41. The molecule has 10 heteroatoms. The third-order valence-electron chi connectivity index (χ3n) is 3.79. The summed E-state index contributed by atoms with van der Waals surface area (Å²) in [5, 5.41) is 2.66. The van der Waals surface area contributed by atoms with Crippen molar-refractivity contribution in [1.82, 2.24) is 0 Å². The van der Waals surface area contributed by atoms with Crippen molar-refractivity contribution < 1.29 is 33.4 Å². The molecule has 2 aromatic carbocycles. The van der Waals surface area contributed by atoms with Crippen LogP contribution in [-0.2, 0) is 19.0 Å². The average molecular weight is 452 g/mol. The Kier molecular flexibility index (Phi) is 8.25. The second-order valence-electron chi connectivity index (χ2n) is 5.75. The van der Waals surface area contributed by atoms with Crippen LogP contribution in [0.4, 0.5) is 5.69 Å². The molecule has 0 fully saturated rings. The lowest BCUT2D eigenvalue weighted by molar-refractivity contribution is -0.119. The molecule has 0 aliphatic heterocycles. The number of nitrogens with one attached hydrogen (secondary N) is 1. The molecule has 0 aliphatic rings. The highest BCUT2D eigenvalue weighted by atomic mass is 35.5. The SMILES string of the molecule is COC(=O)c1cc(NC(=O)COC(=O)c2cc(SC)ccc2Cl)cc(C(=O)OC)c1. The Balaban J connectivity index is 2.11. The van der Waals surface area contributed by atoms with Gasteiger partial charge in [0.2, 0.25) is 0 Å². The van der Waals surface area contributed by atoms with E-state index in [1.165, 1.54) is 44.2 Å². The predicted octanol–water partition coefficient (Wildman–Crippen LogP) is 3.43. The molecule has 0 heterocycles. The molecule has 0 radical (unpaired) electrons. The van der Waals surface area contributed by atoms with Crippen LogP contribution in [0, 0.1) is 0 Å². The zero-order valence-electron chi connectivity index (χ0n) is 16.3. The van der Waals surface area contributed by atoms with Crippen LogP contribution < -0.4 is 5.32 Å². The number of hydrogen-bond donors (Lipinski definition) is 1. The summed E-state index contributed by atoms with van der Waals surface area (Å²) >= 11 is 7.44. The van der Waals surface area contributed by atoms with E-state index < -0.39 is 30.4 Å². The number of thioether (sulfide) groups is 1. The summed E-state index contributed by atoms with van der Waals surface area (Å²) in [4.78, 5) is 48.8. The minimum atomic E-state index is -0.760. The number of ether oxygens (including phenoxy) is 3. The second kappa shape index (κ2) is 10.7. The number of hydrogen-bond acceptors (Lipinski definition) is 8. The summed E-state index contributed by atoms with van der Waals surface area (Å²) in [7, 11) is 2.37. The molecular formula is C20H18ClNO7S. The van der Waals surface area contributed by atoms with Crippen LogP contribution in [-0.4, -0.2) is 50.9 Å². The molecule has 1 amide bonds. The Labute approximate surface area is 181 Å². The first kappa shape index (κ1) is 23.2. The van der Waals surface area contributed by atoms with Crippen molar-refractivity contribution >= 4 is 52.9 Å². The summed E-state index contributed by atoms with van der Waals surface area (Å²) in [6, 6.07) is 8.79. The third-order valence-corrected chi connectivity index (χ3v) is 4.84. The van der Waals surface area contributed by atoms with Crippen molar-refractivity contribution in [2.75, 3.05) is 32.4 Å². The number of benzene rings is 2. The fourth-order valence-corrected chi connectivity index (χ4v) is 3.00. The number of esters is 3. The zero-order valence-corrected chi connectivity index (χ0v) is 17.9. The van der Waals surface area contributed by atoms with Gasteiger partial charge >= 0.3 is 17.9 Å². The van der Waals surface area contributed by atoms with E-state index in [0.717, 1.165) is 4.90 Å². The lowest BCUT2D eigenvalue weighted by Crippen LogP contribution is -2.21. The van der Waals surface area contributed by atoms with Crippen molar-refractivity contribution in [3.05, 3.63) is 58.1 Å². The van der Waals surface area contributed by atoms with Gasteiger partial charge in [0.1, 0.15) is 0 Å². The van der Waals surface area contributed by atoms with E-state index in [0.29, 0.717) is 0 Å². The third kappa shape index (κ3) is 5.98. The van der Waals surface area contributed by atoms with Gasteiger partial charge in [0, 0.05) is 10.6 Å². The molecule has 0 aromatic heterocycles. The molecule has 8 nitrogen and oxygen atoms in total. The monoisotopic (exact) mass is 451 g/mol. The van der Waals surface area contributed by atoms with Crippen LogP contribution in [0.15, 0.2) is 41.3 Å². The topological polar surface area (TPSA) is 108 Å². The highest BCUT2D eigenvalue weighted by Crippen LogP contribution is 2.23. The van der Waals surface area contributed by atoms with E-state index >= 15 is 0 Å². The smallest absolute Gasteiger partial charge is 0.340 e. The number of methoxy groups -OCH3 is 2. The van der Waals surface area contributed by atoms with Gasteiger partial charge in [-0.25, -0.2) is 14.4 Å². The van der Waals surface area contributed by atoms with Gasteiger partial charge < -0.3 is 19.5 Å². The molecule has 30 heavy (non-hydrogen) atoms. The molecule has 2 aromatic rings. The van der Waals surface area contributed by atoms with Gasteiger partial charge in [-0.05, 0) is 42.7 Å². The quantitative estimate of drug-likeness (QED) is 0.387. The molecule has 0 spiro atoms. The van der Waals surface area contributed by atoms with Gasteiger partial charge in [-0.3, -0.25) is 4.79 Å². The largest absolute Gasteiger partial charge is 0.465 e. The number of rotatable bonds is 7. The van der Waals surface area contributed by atoms with Gasteiger partial charge in [-0.15, -0.1) is 11.8 Å². The molecule has 0 saturated carbocycles. The van der Waals surface area contributed by atoms with E-state index in [2.05, 4.69) is 14.8 Å². The first-order chi connectivity index (χ1) is 14.3. The van der Waals surface area contributed by atoms with Gasteiger partial charge in [-0.2, -0.15) is 0 Å². The maximum absolute atomic E-state index is 12.2. The second-order valence-corrected chi connectivity index (χ2v) is 7.04. The summed E-state index contributed by atoms with van der Waals surface area (Å²) in [5.74, 6) is -2.85. The minimum absolute atomic E-state index is 0.0355. The van der Waals surface area contributed by atoms with Gasteiger partial charge in [-0.1, -0.05) is 11.6 Å². The van der Waals surface area contributed by atoms with Crippen molar-refractivity contribution in [2.45, 2.75) is 4.90 Å². The molecule has 158 valence electrons. The maximum Gasteiger partial charge on any atom is 0.340 e. The Morgan fingerprint density at radius 1 is 0.933 bits per heavy atom. The molecule has 0 atom stereocenters. The Morgan fingerprint density at radius 3 is 2.07 bits per heavy atom. The fraction of sp³-hybridized carbons (Fsp3) is 0.200. The molecule has 2 rings (SSSR count). The van der Waals surface area contributed by atoms with Crippen LogP contribution in [0.5, 0.6) is 0 Å². The molecule has 0 unspecified atom stereocenters. The van der Waals surface area contributed by atoms with Crippen molar-refractivity contribution in [2.24, 2.45) is 0 Å². The Bertz CT molecular complexity index is 959. The first-order valence-corrected chi connectivity index (χ1v) is 10.0. The van der Waals surface area contributed by atoms with Gasteiger partial charge in [0.05, 0.1) is 35.9 Å². The summed E-state index contributed by atoms with van der Waals surface area (Å²) in [5.41, 5.74) is 0.334. The van der Waals surface area contributed by atoms with Crippen LogP contribution >= 0.6 is 23.4 Å². The predicted molar refractivity (Wildman–Crippen MR) is 111 cm³/mol. The summed E-state index contributed by atoms with van der Waals surface area (Å²) < 4.78 is 14.3. The summed E-state index contributed by atoms with van der Waals surface area (Å²) in [6.45, 7) is -0.603. The number of amides is 1. The lowest BCUT2D eigenvalue weighted by atomic mass is 10.1. The van der Waals surface area contributed by atoms with Crippen LogP contribution in [0.3, 0.4) is 0 Å². The van der Waals surface area contributed by atoms with E-state index in [9.17, 15) is 19.2 Å². The molecule has 0 saturated heterocycles. The molecule has 1 N–H and O–H groups in total. The number of halogens is 1. The molecular weight excluding hydrogens is 434 g/mol. The van der Waals surface area contributed by atoms with Crippen molar-refractivity contribution in [3.63, 3.8) is 0 Å². The minimum Gasteiger partial charge on any atom is -0.465 e. The summed E-state index contributed by atoms with van der Waals surface area (Å²) in [6.07, 6.45) is 1.84. The molecule has 0 aliphatic carbocycles. The number of anilines is 1. The zero-order chi connectivity index (χ0) is 22.3. The fourth-order valence-electron chi connectivity index (χ4n) is 2.36. The van der Waals surface area contributed by atoms with E-state index in [1.54, 1.807) is 18.2 Å². The molecule has 0 bridgehead atoms. The van der Waals surface area contributed by atoms with Crippen molar-refractivity contribution in [1.29, 1.82) is 0 Å². The van der Waals surface area contributed by atoms with E-state index in [4.69, 9.17) is 16.3 Å². The van der Waals surface area contributed by atoms with Crippen LogP contribution in [0.1, 0.15) is 31.1 Å². The Morgan fingerprint density at radius 2 is 1.53 bits per heavy atom. The standard InChI is InChI=1S/C20H18ClNO7S/c1-27-18(24)11-6-12(19(25)28-2)8-13(7-11)22-17(23)10-29-20(26)15-9-14(30-3)4-5-16(15)21/h4-9H,10H2,1-3H3,(H,22,23). The van der Waals surface area contributed by atoms with Gasteiger partial charge in [0.25, 0.3) is 5.91 Å². The number of carbonyl (C=O) groups excluding carboxylic acids is 4. The normalized spacial score (nSPS) is 10.1. The number of carbonyl (C=O) groups is 4. The van der Waals surface area contributed by atoms with Crippen LogP contribution in [0.25, 0.3) is 0 Å². The van der Waals surface area contributed by atoms with E-state index in [-0.39, 0.29) is 27.4 Å². The maximum atomic E-state index is 12.2. The highest BCUT2D eigenvalue weighted by molar-refractivity contribution is 7.98. The van der Waals surface area contributed by atoms with Crippen LogP contribution in [0.2, 0.25) is 5.02 Å². The highest BCUT2D eigenvalue weighted by Gasteiger charge is 2.17. The van der Waals surface area contributed by atoms with Gasteiger partial charge in [0.15, 0.2) is 6.61 Å².